The van der Waals surface area contributed by atoms with Gasteiger partial charge in [-0.25, -0.2) is 0 Å². The maximum atomic E-state index is 11.9. The summed E-state index contributed by atoms with van der Waals surface area (Å²) in [4.78, 5) is 37.6. The fraction of sp³-hybridized carbons (Fsp3) is 0.417. The van der Waals surface area contributed by atoms with E-state index >= 15 is 0 Å². The summed E-state index contributed by atoms with van der Waals surface area (Å²) >= 11 is 0. The summed E-state index contributed by atoms with van der Waals surface area (Å²) in [5.74, 6) is -0.515. The Morgan fingerprint density at radius 2 is 1.84 bits per heavy atom. The Morgan fingerprint density at radius 3 is 2.42 bits per heavy atom. The molecule has 2 N–H and O–H groups in total. The third-order valence-corrected chi connectivity index (χ3v) is 2.61. The van der Waals surface area contributed by atoms with Crippen molar-refractivity contribution in [3.8, 4) is 0 Å². The average Bonchev–Trinajstić information content (AvgIpc) is 2.33. The molecule has 2 amide bonds. The number of nitrogen functional groups attached to an aromatic ring is 1. The molecular formula is C12H18N4O3. The summed E-state index contributed by atoms with van der Waals surface area (Å²) in [6, 6.07) is 2.77. The van der Waals surface area contributed by atoms with Gasteiger partial charge in [-0.1, -0.05) is 0 Å². The van der Waals surface area contributed by atoms with Crippen molar-refractivity contribution in [2.75, 3.05) is 33.4 Å². The highest BCUT2D eigenvalue weighted by molar-refractivity contribution is 5.84. The fourth-order valence-electron chi connectivity index (χ4n) is 1.37. The molecule has 0 aliphatic heterocycles. The summed E-state index contributed by atoms with van der Waals surface area (Å²) in [6.45, 7) is -0.163. The van der Waals surface area contributed by atoms with E-state index in [4.69, 9.17) is 5.73 Å². The van der Waals surface area contributed by atoms with Crippen LogP contribution in [-0.2, 0) is 16.1 Å². The molecule has 0 aliphatic rings. The molecule has 1 aromatic heterocycles. The van der Waals surface area contributed by atoms with E-state index in [2.05, 4.69) is 0 Å². The van der Waals surface area contributed by atoms with Crippen molar-refractivity contribution < 1.29 is 9.59 Å². The molecule has 0 saturated heterocycles. The van der Waals surface area contributed by atoms with Crippen LogP contribution in [0.4, 0.5) is 5.69 Å². The van der Waals surface area contributed by atoms with Gasteiger partial charge in [0.2, 0.25) is 11.8 Å². The lowest BCUT2D eigenvalue weighted by Crippen LogP contribution is -2.40. The highest BCUT2D eigenvalue weighted by Crippen LogP contribution is 1.97. The van der Waals surface area contributed by atoms with Crippen LogP contribution in [0.1, 0.15) is 0 Å². The monoisotopic (exact) mass is 266 g/mol. The number of likely N-dealkylation sites (N-methyl/N-ethyl adjacent to an activating group) is 2. The predicted molar refractivity (Wildman–Crippen MR) is 71.4 cm³/mol. The molecule has 0 fully saturated rings. The first kappa shape index (κ1) is 14.7. The van der Waals surface area contributed by atoms with Gasteiger partial charge in [0.15, 0.2) is 0 Å². The normalized spacial score (nSPS) is 10.1. The SMILES string of the molecule is CN(C)C(=O)CN(C)C(=O)Cn1cc(N)ccc1=O. The Bertz CT molecular complexity index is 536. The summed E-state index contributed by atoms with van der Waals surface area (Å²) in [5.41, 5.74) is 5.65. The number of carbonyl (C=O) groups excluding carboxylic acids is 2. The molecule has 1 aromatic rings. The first-order valence-electron chi connectivity index (χ1n) is 5.71. The van der Waals surface area contributed by atoms with Crippen molar-refractivity contribution in [3.63, 3.8) is 0 Å². The molecule has 19 heavy (non-hydrogen) atoms. The van der Waals surface area contributed by atoms with Gasteiger partial charge in [0.25, 0.3) is 5.56 Å². The van der Waals surface area contributed by atoms with E-state index in [1.54, 1.807) is 14.1 Å². The van der Waals surface area contributed by atoms with Gasteiger partial charge in [-0.05, 0) is 6.07 Å². The minimum atomic E-state index is -0.331. The van der Waals surface area contributed by atoms with Gasteiger partial charge < -0.3 is 20.1 Å². The molecule has 1 rings (SSSR count). The summed E-state index contributed by atoms with van der Waals surface area (Å²) in [7, 11) is 4.74. The van der Waals surface area contributed by atoms with Gasteiger partial charge in [-0.2, -0.15) is 0 Å². The second-order valence-electron chi connectivity index (χ2n) is 4.47. The van der Waals surface area contributed by atoms with Crippen LogP contribution in [0.5, 0.6) is 0 Å². The number of carbonyl (C=O) groups is 2. The zero-order valence-corrected chi connectivity index (χ0v) is 11.3. The standard InChI is InChI=1S/C12H18N4O3/c1-14(2)11(18)7-15(3)12(19)8-16-6-9(13)4-5-10(16)17/h4-6H,7-8,13H2,1-3H3. The quantitative estimate of drug-likeness (QED) is 0.755. The van der Waals surface area contributed by atoms with Gasteiger partial charge in [0.1, 0.15) is 6.54 Å². The van der Waals surface area contributed by atoms with Crippen molar-refractivity contribution in [1.29, 1.82) is 0 Å². The number of rotatable bonds is 4. The van der Waals surface area contributed by atoms with Crippen molar-refractivity contribution in [3.05, 3.63) is 28.7 Å². The van der Waals surface area contributed by atoms with Crippen LogP contribution < -0.4 is 11.3 Å². The molecule has 0 radical (unpaired) electrons. The molecule has 0 atom stereocenters. The minimum absolute atomic E-state index is 0.0249. The molecule has 0 spiro atoms. The third-order valence-electron chi connectivity index (χ3n) is 2.61. The van der Waals surface area contributed by atoms with E-state index in [0.29, 0.717) is 5.69 Å². The predicted octanol–water partition coefficient (Wildman–Crippen LogP) is -1.02. The van der Waals surface area contributed by atoms with Crippen LogP contribution in [-0.4, -0.2) is 53.9 Å². The lowest BCUT2D eigenvalue weighted by atomic mass is 10.4. The van der Waals surface area contributed by atoms with Crippen molar-refractivity contribution in [2.45, 2.75) is 6.54 Å². The van der Waals surface area contributed by atoms with Crippen molar-refractivity contribution in [1.82, 2.24) is 14.4 Å². The molecule has 0 saturated carbocycles. The Morgan fingerprint density at radius 1 is 1.21 bits per heavy atom. The van der Waals surface area contributed by atoms with E-state index in [1.165, 1.54) is 39.7 Å². The minimum Gasteiger partial charge on any atom is -0.398 e. The van der Waals surface area contributed by atoms with Crippen LogP contribution >= 0.6 is 0 Å². The van der Waals surface area contributed by atoms with E-state index in [9.17, 15) is 14.4 Å². The summed E-state index contributed by atoms with van der Waals surface area (Å²) in [5, 5.41) is 0. The lowest BCUT2D eigenvalue weighted by molar-refractivity contribution is -0.138. The molecule has 0 aromatic carbocycles. The number of nitrogens with two attached hydrogens (primary N) is 1. The van der Waals surface area contributed by atoms with Gasteiger partial charge >= 0.3 is 0 Å². The second-order valence-corrected chi connectivity index (χ2v) is 4.47. The largest absolute Gasteiger partial charge is 0.398 e. The van der Waals surface area contributed by atoms with Gasteiger partial charge in [-0.3, -0.25) is 14.4 Å². The summed E-state index contributed by atoms with van der Waals surface area (Å²) in [6.07, 6.45) is 1.40. The number of nitrogens with zero attached hydrogens (tertiary/aromatic N) is 3. The topological polar surface area (TPSA) is 88.6 Å². The maximum absolute atomic E-state index is 11.9. The van der Waals surface area contributed by atoms with E-state index in [0.717, 1.165) is 0 Å². The zero-order chi connectivity index (χ0) is 14.6. The van der Waals surface area contributed by atoms with Gasteiger partial charge in [0, 0.05) is 39.1 Å². The first-order valence-corrected chi connectivity index (χ1v) is 5.71. The smallest absolute Gasteiger partial charge is 0.251 e. The Balaban J connectivity index is 2.71. The second kappa shape index (κ2) is 6.03. The number of anilines is 1. The molecule has 0 bridgehead atoms. The van der Waals surface area contributed by atoms with Gasteiger partial charge in [0.05, 0.1) is 6.54 Å². The number of hydrogen-bond donors (Lipinski definition) is 1. The van der Waals surface area contributed by atoms with Crippen LogP contribution in [0, 0.1) is 0 Å². The maximum Gasteiger partial charge on any atom is 0.251 e. The van der Waals surface area contributed by atoms with E-state index in [-0.39, 0.29) is 30.5 Å². The van der Waals surface area contributed by atoms with Crippen molar-refractivity contribution in [2.24, 2.45) is 0 Å². The number of amides is 2. The van der Waals surface area contributed by atoms with E-state index in [1.807, 2.05) is 0 Å². The Labute approximate surface area is 111 Å². The number of hydrogen-bond acceptors (Lipinski definition) is 4. The molecule has 1 heterocycles. The number of aromatic nitrogens is 1. The summed E-state index contributed by atoms with van der Waals surface area (Å²) < 4.78 is 1.22. The average molecular weight is 266 g/mol. The van der Waals surface area contributed by atoms with Crippen LogP contribution in [0.25, 0.3) is 0 Å². The van der Waals surface area contributed by atoms with Crippen molar-refractivity contribution >= 4 is 17.5 Å². The molecule has 0 unspecified atom stereocenters. The molecule has 7 heteroatoms. The Kier molecular flexibility index (Phi) is 4.68. The van der Waals surface area contributed by atoms with Gasteiger partial charge in [-0.15, -0.1) is 0 Å². The molecule has 7 nitrogen and oxygen atoms in total. The third kappa shape index (κ3) is 4.13. The van der Waals surface area contributed by atoms with Crippen LogP contribution in [0.3, 0.4) is 0 Å². The highest BCUT2D eigenvalue weighted by Gasteiger charge is 2.14. The van der Waals surface area contributed by atoms with Crippen LogP contribution in [0.2, 0.25) is 0 Å². The number of pyridine rings is 1. The first-order chi connectivity index (χ1) is 8.81. The fourth-order valence-corrected chi connectivity index (χ4v) is 1.37. The Hall–Kier alpha value is -2.31. The molecule has 0 aliphatic carbocycles. The van der Waals surface area contributed by atoms with E-state index < -0.39 is 0 Å². The molecule has 104 valence electrons. The highest BCUT2D eigenvalue weighted by atomic mass is 16.2. The van der Waals surface area contributed by atoms with Crippen LogP contribution in [0.15, 0.2) is 23.1 Å². The zero-order valence-electron chi connectivity index (χ0n) is 11.3. The lowest BCUT2D eigenvalue weighted by Gasteiger charge is -2.19. The molecular weight excluding hydrogens is 248 g/mol.